The van der Waals surface area contributed by atoms with E-state index in [1.807, 2.05) is 6.92 Å². The number of carbonyl (C=O) groups is 1. The number of likely N-dealkylation sites (N-methyl/N-ethyl adjacent to an activating group) is 1. The Morgan fingerprint density at radius 2 is 1.80 bits per heavy atom. The van der Waals surface area contributed by atoms with Gasteiger partial charge in [-0.3, -0.25) is 9.69 Å². The maximum Gasteiger partial charge on any atom is 0.224 e. The molecule has 0 aromatic heterocycles. The molecule has 0 saturated carbocycles. The molecule has 25 heavy (non-hydrogen) atoms. The van der Waals surface area contributed by atoms with Crippen LogP contribution in [0.4, 0.5) is 0 Å². The number of nitrogens with zero attached hydrogens (tertiary/aromatic N) is 1. The maximum absolute atomic E-state index is 11.7. The highest BCUT2D eigenvalue weighted by Gasteiger charge is 2.19. The molecule has 1 aliphatic rings. The lowest BCUT2D eigenvalue weighted by molar-refractivity contribution is -0.120. The number of hydrogen-bond acceptors (Lipinski definition) is 2. The van der Waals surface area contributed by atoms with Crippen molar-refractivity contribution in [1.82, 2.24) is 10.2 Å². The van der Waals surface area contributed by atoms with Crippen molar-refractivity contribution in [2.75, 3.05) is 19.6 Å². The average Bonchev–Trinajstić information content (AvgIpc) is 3.17. The molecule has 1 unspecified atom stereocenters. The molecular weight excluding hydrogens is 308 g/mol. The van der Waals surface area contributed by atoms with Crippen molar-refractivity contribution in [2.24, 2.45) is 0 Å². The summed E-state index contributed by atoms with van der Waals surface area (Å²) >= 11 is 0. The normalized spacial score (nSPS) is 15.9. The van der Waals surface area contributed by atoms with E-state index in [1.165, 1.54) is 42.6 Å². The van der Waals surface area contributed by atoms with Gasteiger partial charge in [-0.1, -0.05) is 42.5 Å². The van der Waals surface area contributed by atoms with Gasteiger partial charge in [0.05, 0.1) is 6.42 Å². The lowest BCUT2D eigenvalue weighted by Gasteiger charge is -2.24. The van der Waals surface area contributed by atoms with Crippen LogP contribution in [0.25, 0.3) is 11.1 Å². The molecule has 1 fully saturated rings. The van der Waals surface area contributed by atoms with Crippen LogP contribution < -0.4 is 5.32 Å². The third-order valence-electron chi connectivity index (χ3n) is 5.08. The van der Waals surface area contributed by atoms with Gasteiger partial charge < -0.3 is 5.32 Å². The van der Waals surface area contributed by atoms with Crippen LogP contribution in [-0.2, 0) is 11.2 Å². The molecule has 1 amide bonds. The van der Waals surface area contributed by atoms with E-state index < -0.39 is 0 Å². The molecule has 0 radical (unpaired) electrons. The van der Waals surface area contributed by atoms with Gasteiger partial charge in [-0.2, -0.15) is 0 Å². The topological polar surface area (TPSA) is 32.3 Å². The first-order valence-corrected chi connectivity index (χ1v) is 9.37. The van der Waals surface area contributed by atoms with Crippen LogP contribution in [0.1, 0.15) is 43.9 Å². The SMILES string of the molecule is CCNC(=O)Cc1ccc(-c2cccc(C(C)N3CCCC3)c2)cc1. The summed E-state index contributed by atoms with van der Waals surface area (Å²) in [6.07, 6.45) is 3.08. The molecule has 1 aliphatic heterocycles. The van der Waals surface area contributed by atoms with Crippen molar-refractivity contribution in [2.45, 2.75) is 39.2 Å². The monoisotopic (exact) mass is 336 g/mol. The Morgan fingerprint density at radius 3 is 2.48 bits per heavy atom. The van der Waals surface area contributed by atoms with Gasteiger partial charge in [0.15, 0.2) is 0 Å². The lowest BCUT2D eigenvalue weighted by atomic mass is 9.98. The predicted octanol–water partition coefficient (Wildman–Crippen LogP) is 4.19. The highest BCUT2D eigenvalue weighted by Crippen LogP contribution is 2.28. The van der Waals surface area contributed by atoms with Crippen molar-refractivity contribution in [3.8, 4) is 11.1 Å². The molecule has 132 valence electrons. The van der Waals surface area contributed by atoms with Crippen LogP contribution >= 0.6 is 0 Å². The van der Waals surface area contributed by atoms with Gasteiger partial charge >= 0.3 is 0 Å². The van der Waals surface area contributed by atoms with E-state index in [1.54, 1.807) is 0 Å². The first-order chi connectivity index (χ1) is 12.2. The number of rotatable bonds is 6. The number of hydrogen-bond donors (Lipinski definition) is 1. The Hall–Kier alpha value is -2.13. The molecule has 1 N–H and O–H groups in total. The summed E-state index contributed by atoms with van der Waals surface area (Å²) in [5.41, 5.74) is 4.88. The standard InChI is InChI=1S/C22H28N2O/c1-3-23-22(25)15-18-9-11-19(12-10-18)21-8-6-7-20(16-21)17(2)24-13-4-5-14-24/h6-12,16-17H,3-5,13-15H2,1-2H3,(H,23,25). The third kappa shape index (κ3) is 4.49. The highest BCUT2D eigenvalue weighted by atomic mass is 16.1. The van der Waals surface area contributed by atoms with Gasteiger partial charge in [-0.15, -0.1) is 0 Å². The molecule has 3 heteroatoms. The molecule has 0 bridgehead atoms. The second-order valence-electron chi connectivity index (χ2n) is 6.87. The fraction of sp³-hybridized carbons (Fsp3) is 0.409. The van der Waals surface area contributed by atoms with Crippen molar-refractivity contribution in [1.29, 1.82) is 0 Å². The van der Waals surface area contributed by atoms with Gasteiger partial charge in [0.1, 0.15) is 0 Å². The molecule has 1 heterocycles. The second kappa shape index (κ2) is 8.30. The zero-order valence-corrected chi connectivity index (χ0v) is 15.3. The summed E-state index contributed by atoms with van der Waals surface area (Å²) in [5, 5.41) is 2.84. The molecule has 3 rings (SSSR count). The van der Waals surface area contributed by atoms with E-state index in [-0.39, 0.29) is 5.91 Å². The summed E-state index contributed by atoms with van der Waals surface area (Å²) in [5.74, 6) is 0.0803. The molecule has 1 saturated heterocycles. The Kier molecular flexibility index (Phi) is 5.87. The summed E-state index contributed by atoms with van der Waals surface area (Å²) in [4.78, 5) is 14.3. The maximum atomic E-state index is 11.7. The average molecular weight is 336 g/mol. The summed E-state index contributed by atoms with van der Waals surface area (Å²) in [7, 11) is 0. The minimum Gasteiger partial charge on any atom is -0.356 e. The molecule has 0 spiro atoms. The van der Waals surface area contributed by atoms with Crippen LogP contribution in [0.5, 0.6) is 0 Å². The number of benzene rings is 2. The Bertz CT molecular complexity index is 702. The Balaban J connectivity index is 1.73. The highest BCUT2D eigenvalue weighted by molar-refractivity contribution is 5.78. The molecular formula is C22H28N2O. The summed E-state index contributed by atoms with van der Waals surface area (Å²) < 4.78 is 0. The lowest BCUT2D eigenvalue weighted by Crippen LogP contribution is -2.24. The van der Waals surface area contributed by atoms with E-state index in [9.17, 15) is 4.79 Å². The summed E-state index contributed by atoms with van der Waals surface area (Å²) in [6, 6.07) is 17.7. The van der Waals surface area contributed by atoms with Gasteiger partial charge in [-0.25, -0.2) is 0 Å². The fourth-order valence-corrected chi connectivity index (χ4v) is 3.58. The predicted molar refractivity (Wildman–Crippen MR) is 103 cm³/mol. The summed E-state index contributed by atoms with van der Waals surface area (Å²) in [6.45, 7) is 7.34. The Labute approximate surface area is 151 Å². The van der Waals surface area contributed by atoms with E-state index in [0.29, 0.717) is 19.0 Å². The van der Waals surface area contributed by atoms with Crippen LogP contribution in [0.3, 0.4) is 0 Å². The van der Waals surface area contributed by atoms with E-state index in [2.05, 4.69) is 65.7 Å². The molecule has 2 aromatic carbocycles. The van der Waals surface area contributed by atoms with Crippen LogP contribution in [0.15, 0.2) is 48.5 Å². The molecule has 2 aromatic rings. The number of likely N-dealkylation sites (tertiary alicyclic amines) is 1. The molecule has 3 nitrogen and oxygen atoms in total. The van der Waals surface area contributed by atoms with Crippen LogP contribution in [0.2, 0.25) is 0 Å². The molecule has 0 aliphatic carbocycles. The zero-order chi connectivity index (χ0) is 17.6. The zero-order valence-electron chi connectivity index (χ0n) is 15.3. The van der Waals surface area contributed by atoms with Crippen molar-refractivity contribution >= 4 is 5.91 Å². The van der Waals surface area contributed by atoms with Crippen molar-refractivity contribution < 1.29 is 4.79 Å². The first kappa shape index (κ1) is 17.7. The Morgan fingerprint density at radius 1 is 1.08 bits per heavy atom. The third-order valence-corrected chi connectivity index (χ3v) is 5.08. The van der Waals surface area contributed by atoms with Crippen LogP contribution in [0, 0.1) is 0 Å². The number of carbonyl (C=O) groups excluding carboxylic acids is 1. The largest absolute Gasteiger partial charge is 0.356 e. The first-order valence-electron chi connectivity index (χ1n) is 9.37. The quantitative estimate of drug-likeness (QED) is 0.858. The molecule has 1 atom stereocenters. The number of amides is 1. The smallest absolute Gasteiger partial charge is 0.224 e. The van der Waals surface area contributed by atoms with Crippen molar-refractivity contribution in [3.05, 3.63) is 59.7 Å². The van der Waals surface area contributed by atoms with E-state index in [4.69, 9.17) is 0 Å². The van der Waals surface area contributed by atoms with E-state index in [0.717, 1.165) is 5.56 Å². The number of nitrogens with one attached hydrogen (secondary N) is 1. The van der Waals surface area contributed by atoms with Crippen molar-refractivity contribution in [3.63, 3.8) is 0 Å². The van der Waals surface area contributed by atoms with Gasteiger partial charge in [0.25, 0.3) is 0 Å². The fourth-order valence-electron chi connectivity index (χ4n) is 3.58. The van der Waals surface area contributed by atoms with Crippen LogP contribution in [-0.4, -0.2) is 30.4 Å². The van der Waals surface area contributed by atoms with E-state index >= 15 is 0 Å². The minimum atomic E-state index is 0.0803. The second-order valence-corrected chi connectivity index (χ2v) is 6.87. The van der Waals surface area contributed by atoms with Gasteiger partial charge in [-0.05, 0) is 68.1 Å². The minimum absolute atomic E-state index is 0.0803. The van der Waals surface area contributed by atoms with Gasteiger partial charge in [0, 0.05) is 12.6 Å². The van der Waals surface area contributed by atoms with Gasteiger partial charge in [0.2, 0.25) is 5.91 Å².